The van der Waals surface area contributed by atoms with E-state index in [1.807, 2.05) is 13.8 Å². The van der Waals surface area contributed by atoms with Gasteiger partial charge >= 0.3 is 6.18 Å². The van der Waals surface area contributed by atoms with E-state index in [-0.39, 0.29) is 11.3 Å². The van der Waals surface area contributed by atoms with Gasteiger partial charge in [0.05, 0.1) is 4.88 Å². The highest BCUT2D eigenvalue weighted by Gasteiger charge is 2.40. The van der Waals surface area contributed by atoms with Crippen LogP contribution in [0.25, 0.3) is 0 Å². The molecule has 2 rings (SSSR count). The van der Waals surface area contributed by atoms with Crippen molar-refractivity contribution in [1.82, 2.24) is 0 Å². The van der Waals surface area contributed by atoms with E-state index in [0.29, 0.717) is 4.88 Å². The van der Waals surface area contributed by atoms with Crippen LogP contribution >= 0.6 is 11.3 Å². The number of carbonyl (C=O) groups is 1. The fourth-order valence-electron chi connectivity index (χ4n) is 1.89. The molecule has 7 heteroatoms. The Hall–Kier alpha value is -1.86. The minimum atomic E-state index is -4.79. The topological polar surface area (TPSA) is 49.3 Å². The molecule has 0 radical (unpaired) electrons. The minimum absolute atomic E-state index is 0.0546. The van der Waals surface area contributed by atoms with Gasteiger partial charge < -0.3 is 10.4 Å². The second kappa shape index (κ2) is 6.10. The van der Waals surface area contributed by atoms with Gasteiger partial charge in [-0.25, -0.2) is 0 Å². The molecule has 1 aromatic carbocycles. The first-order chi connectivity index (χ1) is 10.2. The van der Waals surface area contributed by atoms with E-state index >= 15 is 0 Å². The van der Waals surface area contributed by atoms with Crippen LogP contribution in [0.3, 0.4) is 0 Å². The molecule has 0 unspecified atom stereocenters. The van der Waals surface area contributed by atoms with E-state index in [1.54, 1.807) is 6.07 Å². The molecule has 1 atom stereocenters. The monoisotopic (exact) mass is 329 g/mol. The van der Waals surface area contributed by atoms with Crippen LogP contribution in [-0.2, 0) is 0 Å². The van der Waals surface area contributed by atoms with E-state index in [4.69, 9.17) is 0 Å². The number of carbonyl (C=O) groups excluding carboxylic acids is 1. The first-order valence-electron chi connectivity index (χ1n) is 6.42. The Kier molecular flexibility index (Phi) is 4.58. The van der Waals surface area contributed by atoms with E-state index < -0.39 is 18.2 Å². The summed E-state index contributed by atoms with van der Waals surface area (Å²) in [6.45, 7) is 3.71. The molecule has 2 aromatic rings. The van der Waals surface area contributed by atoms with Crippen molar-refractivity contribution in [2.24, 2.45) is 0 Å². The van der Waals surface area contributed by atoms with Crippen molar-refractivity contribution in [3.05, 3.63) is 51.2 Å². The third-order valence-electron chi connectivity index (χ3n) is 3.20. The number of para-hydroxylation sites is 1. The summed E-state index contributed by atoms with van der Waals surface area (Å²) in [4.78, 5) is 13.5. The number of rotatable bonds is 3. The average Bonchev–Trinajstić information content (AvgIpc) is 2.78. The number of thiophene rings is 1. The predicted octanol–water partition coefficient (Wildman–Crippen LogP) is 4.21. The third kappa shape index (κ3) is 3.48. The van der Waals surface area contributed by atoms with Gasteiger partial charge in [-0.15, -0.1) is 11.3 Å². The summed E-state index contributed by atoms with van der Waals surface area (Å²) < 4.78 is 38.0. The van der Waals surface area contributed by atoms with Crippen LogP contribution in [0.5, 0.6) is 0 Å². The van der Waals surface area contributed by atoms with Crippen LogP contribution in [-0.4, -0.2) is 17.2 Å². The molecule has 0 bridgehead atoms. The summed E-state index contributed by atoms with van der Waals surface area (Å²) in [6.07, 6.45) is -7.44. The van der Waals surface area contributed by atoms with E-state index in [9.17, 15) is 23.1 Å². The van der Waals surface area contributed by atoms with Crippen LogP contribution in [0, 0.1) is 13.8 Å². The number of anilines is 1. The van der Waals surface area contributed by atoms with Gasteiger partial charge in [0.1, 0.15) is 0 Å². The molecule has 3 nitrogen and oxygen atoms in total. The van der Waals surface area contributed by atoms with Gasteiger partial charge in [0.25, 0.3) is 5.91 Å². The molecular weight excluding hydrogens is 315 g/mol. The number of alkyl halides is 3. The van der Waals surface area contributed by atoms with Crippen molar-refractivity contribution in [2.45, 2.75) is 26.1 Å². The summed E-state index contributed by atoms with van der Waals surface area (Å²) in [5, 5.41) is 11.8. The van der Waals surface area contributed by atoms with Crippen molar-refractivity contribution in [2.75, 3.05) is 5.32 Å². The highest BCUT2D eigenvalue weighted by Crippen LogP contribution is 2.36. The molecule has 0 aliphatic rings. The Morgan fingerprint density at radius 3 is 2.45 bits per heavy atom. The molecular formula is C15H14F3NO2S. The van der Waals surface area contributed by atoms with Crippen LogP contribution in [0.15, 0.2) is 30.3 Å². The zero-order chi connectivity index (χ0) is 16.5. The Balaban J connectivity index is 2.28. The molecule has 0 spiro atoms. The van der Waals surface area contributed by atoms with Gasteiger partial charge in [-0.3, -0.25) is 4.79 Å². The quantitative estimate of drug-likeness (QED) is 0.886. The van der Waals surface area contributed by atoms with Gasteiger partial charge in [-0.2, -0.15) is 13.2 Å². The summed E-state index contributed by atoms with van der Waals surface area (Å²) >= 11 is 1.26. The Morgan fingerprint density at radius 2 is 1.91 bits per heavy atom. The van der Waals surface area contributed by atoms with Crippen molar-refractivity contribution < 1.29 is 23.1 Å². The molecule has 1 aromatic heterocycles. The highest BCUT2D eigenvalue weighted by atomic mass is 32.1. The predicted molar refractivity (Wildman–Crippen MR) is 79.2 cm³/mol. The number of benzene rings is 1. The molecule has 22 heavy (non-hydrogen) atoms. The lowest BCUT2D eigenvalue weighted by Crippen LogP contribution is -2.22. The Bertz CT molecular complexity index is 675. The van der Waals surface area contributed by atoms with Crippen molar-refractivity contribution in [3.63, 3.8) is 0 Å². The first-order valence-corrected chi connectivity index (χ1v) is 7.24. The first kappa shape index (κ1) is 16.5. The number of aliphatic hydroxyl groups is 1. The molecule has 0 aliphatic carbocycles. The maximum Gasteiger partial charge on any atom is 0.418 e. The van der Waals surface area contributed by atoms with Crippen molar-refractivity contribution >= 4 is 22.9 Å². The number of hydrogen-bond acceptors (Lipinski definition) is 3. The van der Waals surface area contributed by atoms with E-state index in [2.05, 4.69) is 5.32 Å². The van der Waals surface area contributed by atoms with Gasteiger partial charge in [0, 0.05) is 16.1 Å². The van der Waals surface area contributed by atoms with Gasteiger partial charge in [0.15, 0.2) is 6.10 Å². The maximum atomic E-state index is 12.7. The Morgan fingerprint density at radius 1 is 1.27 bits per heavy atom. The number of amides is 1. The molecule has 0 saturated heterocycles. The summed E-state index contributed by atoms with van der Waals surface area (Å²) in [7, 11) is 0. The van der Waals surface area contributed by atoms with Crippen LogP contribution in [0.1, 0.15) is 31.8 Å². The normalized spacial score (nSPS) is 13.0. The van der Waals surface area contributed by atoms with Crippen LogP contribution in [0.4, 0.5) is 18.9 Å². The SMILES string of the molecule is Cc1cc(C(=O)Nc2ccccc2[C@@H](O)C(F)(F)F)sc1C. The highest BCUT2D eigenvalue weighted by molar-refractivity contribution is 7.14. The molecule has 118 valence electrons. The molecule has 0 saturated carbocycles. The largest absolute Gasteiger partial charge is 0.418 e. The lowest BCUT2D eigenvalue weighted by atomic mass is 10.1. The second-order valence-corrected chi connectivity index (χ2v) is 6.09. The summed E-state index contributed by atoms with van der Waals surface area (Å²) in [5.41, 5.74) is 0.508. The third-order valence-corrected chi connectivity index (χ3v) is 4.35. The number of aliphatic hydroxyl groups excluding tert-OH is 1. The minimum Gasteiger partial charge on any atom is -0.379 e. The standard InChI is InChI=1S/C15H14F3NO2S/c1-8-7-12(22-9(8)2)14(21)19-11-6-4-3-5-10(11)13(20)15(16,17)18/h3-7,13,20H,1-2H3,(H,19,21)/t13-/m1/s1. The molecule has 2 N–H and O–H groups in total. The van der Waals surface area contributed by atoms with Crippen molar-refractivity contribution in [1.29, 1.82) is 0 Å². The number of aryl methyl sites for hydroxylation is 2. The number of halogens is 3. The lowest BCUT2D eigenvalue weighted by molar-refractivity contribution is -0.206. The molecule has 0 aliphatic heterocycles. The van der Waals surface area contributed by atoms with Gasteiger partial charge in [-0.1, -0.05) is 18.2 Å². The van der Waals surface area contributed by atoms with E-state index in [0.717, 1.165) is 16.5 Å². The van der Waals surface area contributed by atoms with Crippen LogP contribution in [0.2, 0.25) is 0 Å². The van der Waals surface area contributed by atoms with Crippen molar-refractivity contribution in [3.8, 4) is 0 Å². The zero-order valence-electron chi connectivity index (χ0n) is 11.9. The fraction of sp³-hybridized carbons (Fsp3) is 0.267. The van der Waals surface area contributed by atoms with Gasteiger partial charge in [0.2, 0.25) is 0 Å². The Labute approximate surface area is 129 Å². The zero-order valence-corrected chi connectivity index (χ0v) is 12.7. The lowest BCUT2D eigenvalue weighted by Gasteiger charge is -2.18. The number of nitrogens with one attached hydrogen (secondary N) is 1. The van der Waals surface area contributed by atoms with E-state index in [1.165, 1.54) is 29.5 Å². The molecule has 1 heterocycles. The summed E-state index contributed by atoms with van der Waals surface area (Å²) in [6, 6.07) is 7.01. The smallest absolute Gasteiger partial charge is 0.379 e. The second-order valence-electron chi connectivity index (χ2n) is 4.84. The molecule has 0 fully saturated rings. The van der Waals surface area contributed by atoms with Crippen LogP contribution < -0.4 is 5.32 Å². The number of hydrogen-bond donors (Lipinski definition) is 2. The summed E-state index contributed by atoms with van der Waals surface area (Å²) in [5.74, 6) is -0.497. The van der Waals surface area contributed by atoms with Gasteiger partial charge in [-0.05, 0) is 31.5 Å². The maximum absolute atomic E-state index is 12.7. The average molecular weight is 329 g/mol. The molecule has 1 amide bonds. The fourth-order valence-corrected chi connectivity index (χ4v) is 2.82.